The van der Waals surface area contributed by atoms with Crippen LogP contribution in [0.4, 0.5) is 11.4 Å². The first-order chi connectivity index (χ1) is 18.3. The number of carbonyl (C=O) groups excluding carboxylic acids is 2. The summed E-state index contributed by atoms with van der Waals surface area (Å²) in [5.41, 5.74) is -0.632. The third-order valence-corrected chi connectivity index (χ3v) is 6.96. The topological polar surface area (TPSA) is 155 Å². The van der Waals surface area contributed by atoms with Gasteiger partial charge >= 0.3 is 5.97 Å². The number of nitrogens with zero attached hydrogens (tertiary/aromatic N) is 2. The number of pyridine rings is 1. The van der Waals surface area contributed by atoms with Crippen LogP contribution in [0.15, 0.2) is 59.5 Å². The normalized spacial score (nSPS) is 12.3. The first-order valence-electron chi connectivity index (χ1n) is 12.2. The van der Waals surface area contributed by atoms with Crippen molar-refractivity contribution < 1.29 is 27.9 Å². The maximum Gasteiger partial charge on any atom is 0.327 e. The average molecular weight is 581 g/mol. The van der Waals surface area contributed by atoms with Gasteiger partial charge in [0.15, 0.2) is 0 Å². The summed E-state index contributed by atoms with van der Waals surface area (Å²) in [4.78, 5) is 49.6. The van der Waals surface area contributed by atoms with E-state index >= 15 is 0 Å². The molecule has 0 bridgehead atoms. The number of sulfonamides is 1. The number of aliphatic carboxylic acids is 1. The van der Waals surface area contributed by atoms with Crippen LogP contribution in [-0.4, -0.2) is 54.7 Å². The molecule has 0 aliphatic carbocycles. The number of allylic oxidation sites excluding steroid dienone is 1. The monoisotopic (exact) mass is 580 g/mol. The van der Waals surface area contributed by atoms with Gasteiger partial charge in [-0.2, -0.15) is 0 Å². The first kappa shape index (κ1) is 31.6. The predicted octanol–water partition coefficient (Wildman–Crippen LogP) is 2.86. The number of hydrogen-bond acceptors (Lipinski definition) is 6. The van der Waals surface area contributed by atoms with Crippen molar-refractivity contribution in [2.45, 2.75) is 45.7 Å². The van der Waals surface area contributed by atoms with Crippen molar-refractivity contribution in [3.63, 3.8) is 0 Å². The summed E-state index contributed by atoms with van der Waals surface area (Å²) < 4.78 is 27.7. The molecule has 1 unspecified atom stereocenters. The van der Waals surface area contributed by atoms with E-state index in [0.29, 0.717) is 17.5 Å². The van der Waals surface area contributed by atoms with Crippen molar-refractivity contribution in [3.8, 4) is 0 Å². The molecule has 2 rings (SSSR count). The zero-order valence-corrected chi connectivity index (χ0v) is 23.5. The second-order valence-electron chi connectivity index (χ2n) is 9.25. The van der Waals surface area contributed by atoms with Crippen LogP contribution in [0.25, 0.3) is 0 Å². The zero-order chi connectivity index (χ0) is 29.2. The van der Waals surface area contributed by atoms with E-state index in [1.54, 1.807) is 0 Å². The lowest BCUT2D eigenvalue weighted by atomic mass is 10.1. The van der Waals surface area contributed by atoms with Gasteiger partial charge in [0.1, 0.15) is 18.3 Å². The molecule has 1 atom stereocenters. The molecule has 1 aromatic heterocycles. The molecular weight excluding hydrogens is 548 g/mol. The van der Waals surface area contributed by atoms with Gasteiger partial charge in [0.2, 0.25) is 21.8 Å². The highest BCUT2D eigenvalue weighted by Crippen LogP contribution is 2.25. The molecule has 13 heteroatoms. The number of rotatable bonds is 14. The Morgan fingerprint density at radius 3 is 2.38 bits per heavy atom. The summed E-state index contributed by atoms with van der Waals surface area (Å²) in [7, 11) is -4.02. The van der Waals surface area contributed by atoms with Crippen molar-refractivity contribution >= 4 is 50.8 Å². The summed E-state index contributed by atoms with van der Waals surface area (Å²) in [6.45, 7) is 4.25. The number of carbonyl (C=O) groups is 3. The molecule has 0 spiro atoms. The number of carboxylic acid groups (broad SMARTS) is 1. The maximum atomic E-state index is 13.4. The van der Waals surface area contributed by atoms with Crippen molar-refractivity contribution in [2.24, 2.45) is 5.92 Å². The fraction of sp³-hybridized carbons (Fsp3) is 0.385. The van der Waals surface area contributed by atoms with E-state index in [2.05, 4.69) is 10.6 Å². The molecule has 0 saturated heterocycles. The predicted molar refractivity (Wildman–Crippen MR) is 150 cm³/mol. The van der Waals surface area contributed by atoms with Crippen molar-refractivity contribution in [3.05, 3.63) is 70.1 Å². The summed E-state index contributed by atoms with van der Waals surface area (Å²) in [5.74, 6) is -1.96. The van der Waals surface area contributed by atoms with E-state index in [1.807, 2.05) is 13.8 Å². The largest absolute Gasteiger partial charge is 0.478 e. The highest BCUT2D eigenvalue weighted by Gasteiger charge is 2.33. The first-order valence-corrected chi connectivity index (χ1v) is 14.4. The lowest BCUT2D eigenvalue weighted by Gasteiger charge is -2.30. The molecule has 0 aliphatic rings. The number of hydrogen-bond donors (Lipinski definition) is 3. The van der Waals surface area contributed by atoms with E-state index in [4.69, 9.17) is 16.7 Å². The van der Waals surface area contributed by atoms with Gasteiger partial charge in [0, 0.05) is 23.8 Å². The molecule has 39 heavy (non-hydrogen) atoms. The Kier molecular flexibility index (Phi) is 11.7. The number of carboxylic acids is 1. The Labute approximate surface area is 232 Å². The highest BCUT2D eigenvalue weighted by atomic mass is 35.5. The molecule has 1 heterocycles. The smallest absolute Gasteiger partial charge is 0.327 e. The molecule has 0 aliphatic heterocycles. The van der Waals surface area contributed by atoms with Gasteiger partial charge in [-0.1, -0.05) is 31.5 Å². The molecule has 0 fully saturated rings. The van der Waals surface area contributed by atoms with Gasteiger partial charge in [-0.3, -0.25) is 18.7 Å². The van der Waals surface area contributed by atoms with Crippen LogP contribution in [0.2, 0.25) is 5.02 Å². The highest BCUT2D eigenvalue weighted by molar-refractivity contribution is 7.92. The van der Waals surface area contributed by atoms with E-state index in [9.17, 15) is 27.6 Å². The molecular formula is C26H33ClN4O7S. The minimum Gasteiger partial charge on any atom is -0.478 e. The quantitative estimate of drug-likeness (QED) is 0.290. The van der Waals surface area contributed by atoms with Gasteiger partial charge in [-0.25, -0.2) is 13.2 Å². The fourth-order valence-corrected chi connectivity index (χ4v) is 4.96. The molecule has 11 nitrogen and oxygen atoms in total. The van der Waals surface area contributed by atoms with Crippen LogP contribution in [0.1, 0.15) is 33.1 Å². The number of nitrogens with one attached hydrogen (secondary N) is 2. The van der Waals surface area contributed by atoms with Crippen LogP contribution in [-0.2, 0) is 31.0 Å². The van der Waals surface area contributed by atoms with Crippen LogP contribution >= 0.6 is 11.6 Å². The molecule has 2 amide bonds. The van der Waals surface area contributed by atoms with Crippen LogP contribution in [0.3, 0.4) is 0 Å². The third kappa shape index (κ3) is 10.2. The van der Waals surface area contributed by atoms with Crippen molar-refractivity contribution in [1.29, 1.82) is 0 Å². The summed E-state index contributed by atoms with van der Waals surface area (Å²) in [5, 5.41) is 14.5. The number of anilines is 2. The molecule has 0 saturated carbocycles. The van der Waals surface area contributed by atoms with E-state index in [-0.39, 0.29) is 36.7 Å². The van der Waals surface area contributed by atoms with Crippen molar-refractivity contribution in [2.75, 3.05) is 22.4 Å². The van der Waals surface area contributed by atoms with Gasteiger partial charge in [0.25, 0.3) is 5.56 Å². The van der Waals surface area contributed by atoms with Crippen LogP contribution < -0.4 is 20.5 Å². The molecule has 3 N–H and O–H groups in total. The molecule has 2 aromatic rings. The Hall–Kier alpha value is -3.64. The molecule has 1 aromatic carbocycles. The van der Waals surface area contributed by atoms with Gasteiger partial charge in [-0.15, -0.1) is 0 Å². The average Bonchev–Trinajstić information content (AvgIpc) is 2.83. The van der Waals surface area contributed by atoms with Gasteiger partial charge in [-0.05, 0) is 61.6 Å². The second kappa shape index (κ2) is 14.5. The standard InChI is InChI=1S/C26H33ClN4O7S/c1-18(2)14-15-28-23(32)17-30-16-6-7-21(26(30)36)29-25(35)22(8-4-5-9-24(33)34)31(39(3,37)38)20-12-10-19(27)11-13-20/h5-7,9-13,16,18,22H,4,8,14-15,17H2,1-3H3,(H,28,32)(H,29,35)(H,33,34). The van der Waals surface area contributed by atoms with E-state index in [1.165, 1.54) is 48.7 Å². The lowest BCUT2D eigenvalue weighted by Crippen LogP contribution is -2.48. The number of halogens is 1. The second-order valence-corrected chi connectivity index (χ2v) is 11.5. The number of aromatic nitrogens is 1. The maximum absolute atomic E-state index is 13.4. The fourth-order valence-electron chi connectivity index (χ4n) is 3.67. The Balaban J connectivity index is 2.35. The minimum absolute atomic E-state index is 0.0551. The SMILES string of the molecule is CC(C)CCNC(=O)Cn1cccc(NC(=O)C(CCC=CC(=O)O)N(c2ccc(Cl)cc2)S(C)(=O)=O)c1=O. The van der Waals surface area contributed by atoms with Gasteiger partial charge < -0.3 is 20.3 Å². The Morgan fingerprint density at radius 1 is 1.13 bits per heavy atom. The Bertz CT molecular complexity index is 1360. The minimum atomic E-state index is -4.02. The zero-order valence-electron chi connectivity index (χ0n) is 22.0. The van der Waals surface area contributed by atoms with Crippen LogP contribution in [0.5, 0.6) is 0 Å². The lowest BCUT2D eigenvalue weighted by molar-refractivity contribution is -0.131. The third-order valence-electron chi connectivity index (χ3n) is 5.53. The van der Waals surface area contributed by atoms with Crippen LogP contribution in [0, 0.1) is 5.92 Å². The summed E-state index contributed by atoms with van der Waals surface area (Å²) >= 11 is 5.94. The number of benzene rings is 1. The van der Waals surface area contributed by atoms with Gasteiger partial charge in [0.05, 0.1) is 11.9 Å². The molecule has 212 valence electrons. The summed E-state index contributed by atoms with van der Waals surface area (Å²) in [6.07, 6.45) is 5.28. The number of amides is 2. The Morgan fingerprint density at radius 2 is 1.79 bits per heavy atom. The van der Waals surface area contributed by atoms with Crippen molar-refractivity contribution in [1.82, 2.24) is 9.88 Å². The van der Waals surface area contributed by atoms with E-state index < -0.39 is 33.5 Å². The van der Waals surface area contributed by atoms with E-state index in [0.717, 1.165) is 27.6 Å². The molecule has 0 radical (unpaired) electrons. The summed E-state index contributed by atoms with van der Waals surface area (Å²) in [6, 6.07) is 7.30.